The second kappa shape index (κ2) is 7.90. The first-order valence-corrected chi connectivity index (χ1v) is 10.1. The van der Waals surface area contributed by atoms with E-state index in [2.05, 4.69) is 4.72 Å². The van der Waals surface area contributed by atoms with Crippen LogP contribution in [0.5, 0.6) is 0 Å². The number of hydrogen-bond donors (Lipinski definition) is 1. The molecule has 0 aliphatic rings. The van der Waals surface area contributed by atoms with Crippen LogP contribution in [-0.4, -0.2) is 20.6 Å². The Kier molecular flexibility index (Phi) is 6.17. The fourth-order valence-electron chi connectivity index (χ4n) is 2.04. The minimum atomic E-state index is -3.57. The summed E-state index contributed by atoms with van der Waals surface area (Å²) in [5.74, 6) is 0.604. The highest BCUT2D eigenvalue weighted by atomic mass is 35.5. The summed E-state index contributed by atoms with van der Waals surface area (Å²) in [7, 11) is -3.57. The van der Waals surface area contributed by atoms with E-state index < -0.39 is 10.0 Å². The van der Waals surface area contributed by atoms with Crippen LogP contribution in [0, 0.1) is 0 Å². The predicted molar refractivity (Wildman–Crippen MR) is 94.5 cm³/mol. The molecule has 0 aliphatic heterocycles. The highest BCUT2D eigenvalue weighted by Crippen LogP contribution is 2.27. The maximum Gasteiger partial charge on any atom is 0.261 e. The van der Waals surface area contributed by atoms with Gasteiger partial charge in [-0.25, -0.2) is 8.42 Å². The van der Waals surface area contributed by atoms with Gasteiger partial charge in [-0.05, 0) is 48.9 Å². The molecule has 0 bridgehead atoms. The molecule has 2 rings (SSSR count). The molecule has 0 saturated carbocycles. The van der Waals surface area contributed by atoms with Crippen molar-refractivity contribution in [2.75, 3.05) is 16.9 Å². The first-order chi connectivity index (χ1) is 10.6. The van der Waals surface area contributed by atoms with Gasteiger partial charge in [0, 0.05) is 10.8 Å². The lowest BCUT2D eigenvalue weighted by atomic mass is 10.1. The smallest absolute Gasteiger partial charge is 0.261 e. The number of nitrogens with one attached hydrogen (secondary N) is 1. The van der Waals surface area contributed by atoms with Crippen molar-refractivity contribution in [3.8, 4) is 0 Å². The third-order valence-electron chi connectivity index (χ3n) is 3.18. The van der Waals surface area contributed by atoms with E-state index in [0.29, 0.717) is 11.6 Å². The van der Waals surface area contributed by atoms with Crippen LogP contribution in [0.2, 0.25) is 0 Å². The highest BCUT2D eigenvalue weighted by molar-refractivity contribution is 7.99. The number of rotatable bonds is 7. The SMILES string of the molecule is CSc1ccccc1NS(=O)(=O)c1ccc(CCCCl)cc1. The fraction of sp³-hybridized carbons (Fsp3) is 0.250. The first-order valence-electron chi connectivity index (χ1n) is 6.87. The van der Waals surface area contributed by atoms with Gasteiger partial charge in [0.15, 0.2) is 0 Å². The number of halogens is 1. The van der Waals surface area contributed by atoms with Crippen LogP contribution >= 0.6 is 23.4 Å². The van der Waals surface area contributed by atoms with Gasteiger partial charge in [-0.3, -0.25) is 4.72 Å². The standard InChI is InChI=1S/C16H18ClNO2S2/c1-21-16-7-3-2-6-15(16)18-22(19,20)14-10-8-13(9-11-14)5-4-12-17/h2-3,6-11,18H,4-5,12H2,1H3. The molecule has 0 atom stereocenters. The molecule has 0 aromatic heterocycles. The van der Waals surface area contributed by atoms with Gasteiger partial charge in [-0.15, -0.1) is 23.4 Å². The number of para-hydroxylation sites is 1. The lowest BCUT2D eigenvalue weighted by Crippen LogP contribution is -2.13. The lowest BCUT2D eigenvalue weighted by molar-refractivity contribution is 0.601. The van der Waals surface area contributed by atoms with Gasteiger partial charge in [-0.1, -0.05) is 24.3 Å². The van der Waals surface area contributed by atoms with Crippen LogP contribution in [0.15, 0.2) is 58.3 Å². The largest absolute Gasteiger partial charge is 0.278 e. The zero-order valence-corrected chi connectivity index (χ0v) is 14.6. The summed E-state index contributed by atoms with van der Waals surface area (Å²) in [6.45, 7) is 0. The summed E-state index contributed by atoms with van der Waals surface area (Å²) < 4.78 is 27.6. The average molecular weight is 356 g/mol. The van der Waals surface area contributed by atoms with E-state index in [1.165, 1.54) is 11.8 Å². The molecular formula is C16H18ClNO2S2. The normalized spacial score (nSPS) is 11.4. The predicted octanol–water partition coefficient (Wildman–Crippen LogP) is 4.38. The first kappa shape index (κ1) is 17.2. The molecule has 1 N–H and O–H groups in total. The number of alkyl halides is 1. The molecule has 3 nitrogen and oxygen atoms in total. The number of benzene rings is 2. The molecule has 0 radical (unpaired) electrons. The second-order valence-electron chi connectivity index (χ2n) is 4.74. The zero-order chi connectivity index (χ0) is 16.0. The molecule has 0 unspecified atom stereocenters. The Bertz CT molecular complexity index is 715. The van der Waals surface area contributed by atoms with Gasteiger partial charge in [0.25, 0.3) is 10.0 Å². The van der Waals surface area contributed by atoms with Crippen molar-refractivity contribution in [2.24, 2.45) is 0 Å². The summed E-state index contributed by atoms with van der Waals surface area (Å²) in [4.78, 5) is 1.16. The van der Waals surface area contributed by atoms with Crippen LogP contribution in [0.4, 0.5) is 5.69 Å². The Balaban J connectivity index is 2.19. The van der Waals surface area contributed by atoms with Gasteiger partial charge in [0.1, 0.15) is 0 Å². The van der Waals surface area contributed by atoms with Crippen LogP contribution in [0.3, 0.4) is 0 Å². The summed E-state index contributed by atoms with van der Waals surface area (Å²) in [6, 6.07) is 14.3. The maximum absolute atomic E-state index is 12.5. The summed E-state index contributed by atoms with van der Waals surface area (Å²) >= 11 is 7.17. The molecule has 2 aromatic rings. The van der Waals surface area contributed by atoms with Crippen LogP contribution < -0.4 is 4.72 Å². The molecule has 0 saturated heterocycles. The minimum Gasteiger partial charge on any atom is -0.278 e. The van der Waals surface area contributed by atoms with Crippen molar-refractivity contribution in [1.29, 1.82) is 0 Å². The van der Waals surface area contributed by atoms with Gasteiger partial charge >= 0.3 is 0 Å². The molecule has 0 heterocycles. The van der Waals surface area contributed by atoms with Gasteiger partial charge in [-0.2, -0.15) is 0 Å². The van der Waals surface area contributed by atoms with Crippen molar-refractivity contribution in [1.82, 2.24) is 0 Å². The van der Waals surface area contributed by atoms with Crippen molar-refractivity contribution in [3.05, 3.63) is 54.1 Å². The van der Waals surface area contributed by atoms with Crippen LogP contribution in [0.25, 0.3) is 0 Å². The Labute approximate surface area is 141 Å². The molecule has 22 heavy (non-hydrogen) atoms. The molecule has 2 aromatic carbocycles. The minimum absolute atomic E-state index is 0.262. The third kappa shape index (κ3) is 4.41. The monoisotopic (exact) mass is 355 g/mol. The molecule has 0 amide bonds. The van der Waals surface area contributed by atoms with Crippen molar-refractivity contribution in [3.63, 3.8) is 0 Å². The number of sulfonamides is 1. The Morgan fingerprint density at radius 2 is 1.77 bits per heavy atom. The van der Waals surface area contributed by atoms with Gasteiger partial charge in [0.2, 0.25) is 0 Å². The van der Waals surface area contributed by atoms with E-state index in [1.54, 1.807) is 18.2 Å². The van der Waals surface area contributed by atoms with Crippen LogP contribution in [-0.2, 0) is 16.4 Å². The van der Waals surface area contributed by atoms with Crippen molar-refractivity contribution < 1.29 is 8.42 Å². The highest BCUT2D eigenvalue weighted by Gasteiger charge is 2.15. The topological polar surface area (TPSA) is 46.2 Å². The van der Waals surface area contributed by atoms with E-state index in [1.807, 2.05) is 36.6 Å². The second-order valence-corrected chi connectivity index (χ2v) is 7.65. The van der Waals surface area contributed by atoms with E-state index >= 15 is 0 Å². The quantitative estimate of drug-likeness (QED) is 0.592. The Morgan fingerprint density at radius 3 is 2.41 bits per heavy atom. The lowest BCUT2D eigenvalue weighted by Gasteiger charge is -2.11. The van der Waals surface area contributed by atoms with Gasteiger partial charge in [0.05, 0.1) is 10.6 Å². The van der Waals surface area contributed by atoms with E-state index in [-0.39, 0.29) is 4.90 Å². The average Bonchev–Trinajstić information content (AvgIpc) is 2.53. The van der Waals surface area contributed by atoms with E-state index in [9.17, 15) is 8.42 Å². The number of anilines is 1. The molecule has 0 spiro atoms. The van der Waals surface area contributed by atoms with E-state index in [4.69, 9.17) is 11.6 Å². The van der Waals surface area contributed by atoms with Crippen molar-refractivity contribution in [2.45, 2.75) is 22.6 Å². The molecular weight excluding hydrogens is 338 g/mol. The molecule has 0 aliphatic carbocycles. The summed E-state index contributed by atoms with van der Waals surface area (Å²) in [5.41, 5.74) is 1.69. The Hall–Kier alpha value is -1.17. The molecule has 0 fully saturated rings. The number of hydrogen-bond acceptors (Lipinski definition) is 3. The molecule has 118 valence electrons. The number of thioether (sulfide) groups is 1. The van der Waals surface area contributed by atoms with Gasteiger partial charge < -0.3 is 0 Å². The fourth-order valence-corrected chi connectivity index (χ4v) is 3.87. The zero-order valence-electron chi connectivity index (χ0n) is 12.3. The maximum atomic E-state index is 12.5. The van der Waals surface area contributed by atoms with E-state index in [0.717, 1.165) is 23.3 Å². The molecule has 6 heteroatoms. The van der Waals surface area contributed by atoms with Crippen molar-refractivity contribution >= 4 is 39.1 Å². The van der Waals surface area contributed by atoms with Crippen LogP contribution in [0.1, 0.15) is 12.0 Å². The summed E-state index contributed by atoms with van der Waals surface area (Å²) in [5, 5.41) is 0. The number of aryl methyl sites for hydroxylation is 1. The Morgan fingerprint density at radius 1 is 1.09 bits per heavy atom. The third-order valence-corrected chi connectivity index (χ3v) is 5.63. The summed E-state index contributed by atoms with van der Waals surface area (Å²) in [6.07, 6.45) is 3.65.